The van der Waals surface area contributed by atoms with Gasteiger partial charge in [0.25, 0.3) is 0 Å². The van der Waals surface area contributed by atoms with Gasteiger partial charge in [0.05, 0.1) is 17.6 Å². The first kappa shape index (κ1) is 12.6. The Morgan fingerprint density at radius 1 is 1.33 bits per heavy atom. The number of H-pyrrole nitrogens is 1. The predicted octanol–water partition coefficient (Wildman–Crippen LogP) is 2.75. The number of para-hydroxylation sites is 1. The van der Waals surface area contributed by atoms with Gasteiger partial charge in [-0.05, 0) is 29.5 Å². The van der Waals surface area contributed by atoms with Gasteiger partial charge in [0.2, 0.25) is 5.91 Å². The summed E-state index contributed by atoms with van der Waals surface area (Å²) in [5.74, 6) is 0.168. The summed E-state index contributed by atoms with van der Waals surface area (Å²) in [6.45, 7) is 1.56. The molecule has 1 N–H and O–H groups in total. The van der Waals surface area contributed by atoms with Crippen LogP contribution in [0.4, 0.5) is 0 Å². The van der Waals surface area contributed by atoms with Gasteiger partial charge in [-0.2, -0.15) is 5.10 Å². The highest BCUT2D eigenvalue weighted by molar-refractivity contribution is 7.10. The number of aromatic amines is 1. The summed E-state index contributed by atoms with van der Waals surface area (Å²) in [6, 6.07) is 10.0. The second-order valence-corrected chi connectivity index (χ2v) is 6.33. The van der Waals surface area contributed by atoms with E-state index in [-0.39, 0.29) is 5.91 Å². The molecular weight excluding hydrogens is 282 g/mol. The van der Waals surface area contributed by atoms with E-state index in [0.717, 1.165) is 36.1 Å². The molecule has 1 aliphatic heterocycles. The molecule has 0 unspecified atom stereocenters. The van der Waals surface area contributed by atoms with Gasteiger partial charge in [-0.1, -0.05) is 18.2 Å². The fraction of sp³-hybridized carbons (Fsp3) is 0.250. The van der Waals surface area contributed by atoms with Crippen LogP contribution in [0, 0.1) is 0 Å². The molecule has 0 spiro atoms. The molecule has 0 saturated heterocycles. The number of aromatic nitrogens is 2. The number of nitrogens with zero attached hydrogens (tertiary/aromatic N) is 2. The van der Waals surface area contributed by atoms with Crippen molar-refractivity contribution in [3.05, 3.63) is 51.8 Å². The highest BCUT2D eigenvalue weighted by Gasteiger charge is 2.22. The smallest absolute Gasteiger partial charge is 0.228 e. The number of benzene rings is 1. The Kier molecular flexibility index (Phi) is 3.00. The number of amides is 1. The van der Waals surface area contributed by atoms with Crippen LogP contribution in [0.1, 0.15) is 16.1 Å². The average molecular weight is 297 g/mol. The Balaban J connectivity index is 1.54. The van der Waals surface area contributed by atoms with Crippen LogP contribution < -0.4 is 0 Å². The largest absolute Gasteiger partial charge is 0.338 e. The van der Waals surface area contributed by atoms with Crippen molar-refractivity contribution < 1.29 is 4.79 Å². The van der Waals surface area contributed by atoms with E-state index in [0.29, 0.717) is 6.42 Å². The second-order valence-electron chi connectivity index (χ2n) is 5.33. The molecule has 0 radical (unpaired) electrons. The number of nitrogens with one attached hydrogen (secondary N) is 1. The first-order chi connectivity index (χ1) is 10.3. The summed E-state index contributed by atoms with van der Waals surface area (Å²) in [7, 11) is 0. The van der Waals surface area contributed by atoms with Crippen molar-refractivity contribution >= 4 is 28.1 Å². The van der Waals surface area contributed by atoms with E-state index < -0.39 is 0 Å². The van der Waals surface area contributed by atoms with Crippen molar-refractivity contribution in [1.82, 2.24) is 15.1 Å². The van der Waals surface area contributed by atoms with Gasteiger partial charge >= 0.3 is 0 Å². The lowest BCUT2D eigenvalue weighted by atomic mass is 10.1. The van der Waals surface area contributed by atoms with E-state index in [9.17, 15) is 4.79 Å². The van der Waals surface area contributed by atoms with Gasteiger partial charge in [-0.15, -0.1) is 11.3 Å². The Bertz CT molecular complexity index is 805. The number of hydrogen-bond donors (Lipinski definition) is 1. The first-order valence-corrected chi connectivity index (χ1v) is 7.94. The molecule has 106 valence electrons. The lowest BCUT2D eigenvalue weighted by Crippen LogP contribution is -2.36. The molecule has 4 nitrogen and oxygen atoms in total. The lowest BCUT2D eigenvalue weighted by molar-refractivity contribution is -0.131. The normalized spacial score (nSPS) is 14.4. The maximum atomic E-state index is 12.5. The summed E-state index contributed by atoms with van der Waals surface area (Å²) in [6.07, 6.45) is 1.36. The van der Waals surface area contributed by atoms with Crippen LogP contribution in [0.25, 0.3) is 10.9 Å². The summed E-state index contributed by atoms with van der Waals surface area (Å²) in [5, 5.41) is 10.4. The van der Waals surface area contributed by atoms with E-state index in [4.69, 9.17) is 0 Å². The van der Waals surface area contributed by atoms with Gasteiger partial charge < -0.3 is 4.90 Å². The van der Waals surface area contributed by atoms with Crippen molar-refractivity contribution in [1.29, 1.82) is 0 Å². The first-order valence-electron chi connectivity index (χ1n) is 7.06. The fourth-order valence-corrected chi connectivity index (χ4v) is 3.76. The van der Waals surface area contributed by atoms with Crippen molar-refractivity contribution in [2.45, 2.75) is 19.4 Å². The topological polar surface area (TPSA) is 49.0 Å². The molecule has 0 bridgehead atoms. The molecule has 4 rings (SSSR count). The van der Waals surface area contributed by atoms with E-state index in [1.807, 2.05) is 29.2 Å². The monoisotopic (exact) mass is 297 g/mol. The summed E-state index contributed by atoms with van der Waals surface area (Å²) < 4.78 is 0. The number of carbonyl (C=O) groups is 1. The molecule has 3 heterocycles. The zero-order valence-corrected chi connectivity index (χ0v) is 12.3. The van der Waals surface area contributed by atoms with Crippen LogP contribution >= 0.6 is 11.3 Å². The highest BCUT2D eigenvalue weighted by Crippen LogP contribution is 2.25. The molecule has 3 aromatic rings. The summed E-state index contributed by atoms with van der Waals surface area (Å²) in [4.78, 5) is 15.9. The number of thiophene rings is 1. The van der Waals surface area contributed by atoms with Crippen LogP contribution in [-0.4, -0.2) is 27.5 Å². The predicted molar refractivity (Wildman–Crippen MR) is 83.2 cm³/mol. The molecule has 0 fully saturated rings. The molecule has 0 saturated carbocycles. The quantitative estimate of drug-likeness (QED) is 0.790. The Labute approximate surface area is 126 Å². The minimum Gasteiger partial charge on any atom is -0.338 e. The van der Waals surface area contributed by atoms with Crippen molar-refractivity contribution in [3.63, 3.8) is 0 Å². The zero-order chi connectivity index (χ0) is 14.2. The molecular formula is C16H15N3OS. The molecule has 0 aliphatic carbocycles. The third-order valence-electron chi connectivity index (χ3n) is 4.03. The average Bonchev–Trinajstić information content (AvgIpc) is 3.13. The SMILES string of the molecule is O=C(Cc1[nH]nc2ccccc12)N1CCc2sccc2C1. The zero-order valence-electron chi connectivity index (χ0n) is 11.5. The van der Waals surface area contributed by atoms with E-state index in [1.165, 1.54) is 10.4 Å². The standard InChI is InChI=1S/C16H15N3OS/c20-16(19-7-5-15-11(10-19)6-8-21-15)9-14-12-3-1-2-4-13(12)17-18-14/h1-4,6,8H,5,7,9-10H2,(H,17,18). The van der Waals surface area contributed by atoms with Gasteiger partial charge in [0.15, 0.2) is 0 Å². The van der Waals surface area contributed by atoms with Crippen molar-refractivity contribution in [2.24, 2.45) is 0 Å². The van der Waals surface area contributed by atoms with Crippen LogP contribution in [0.5, 0.6) is 0 Å². The van der Waals surface area contributed by atoms with Gasteiger partial charge in [0, 0.05) is 23.4 Å². The van der Waals surface area contributed by atoms with E-state index in [1.54, 1.807) is 11.3 Å². The third kappa shape index (κ3) is 2.23. The maximum Gasteiger partial charge on any atom is 0.228 e. The van der Waals surface area contributed by atoms with Crippen LogP contribution in [0.3, 0.4) is 0 Å². The maximum absolute atomic E-state index is 12.5. The van der Waals surface area contributed by atoms with Crippen LogP contribution in [0.2, 0.25) is 0 Å². The summed E-state index contributed by atoms with van der Waals surface area (Å²) in [5.41, 5.74) is 3.12. The number of rotatable bonds is 2. The highest BCUT2D eigenvalue weighted by atomic mass is 32.1. The van der Waals surface area contributed by atoms with Gasteiger partial charge in [0.1, 0.15) is 0 Å². The summed E-state index contributed by atoms with van der Waals surface area (Å²) >= 11 is 1.79. The minimum absolute atomic E-state index is 0.168. The number of hydrogen-bond acceptors (Lipinski definition) is 3. The van der Waals surface area contributed by atoms with Gasteiger partial charge in [-0.3, -0.25) is 9.89 Å². The lowest BCUT2D eigenvalue weighted by Gasteiger charge is -2.26. The minimum atomic E-state index is 0.168. The fourth-order valence-electron chi connectivity index (χ4n) is 2.87. The molecule has 21 heavy (non-hydrogen) atoms. The van der Waals surface area contributed by atoms with Crippen LogP contribution in [-0.2, 0) is 24.2 Å². The van der Waals surface area contributed by atoms with Crippen molar-refractivity contribution in [3.8, 4) is 0 Å². The van der Waals surface area contributed by atoms with Crippen LogP contribution in [0.15, 0.2) is 35.7 Å². The molecule has 1 aromatic carbocycles. The molecule has 1 aliphatic rings. The molecule has 0 atom stereocenters. The van der Waals surface area contributed by atoms with E-state index >= 15 is 0 Å². The van der Waals surface area contributed by atoms with Gasteiger partial charge in [-0.25, -0.2) is 0 Å². The van der Waals surface area contributed by atoms with E-state index in [2.05, 4.69) is 21.6 Å². The second kappa shape index (κ2) is 5.00. The Morgan fingerprint density at radius 2 is 2.24 bits per heavy atom. The van der Waals surface area contributed by atoms with Crippen molar-refractivity contribution in [2.75, 3.05) is 6.54 Å². The molecule has 1 amide bonds. The Morgan fingerprint density at radius 3 is 3.19 bits per heavy atom. The number of fused-ring (bicyclic) bond motifs is 2. The number of carbonyl (C=O) groups excluding carboxylic acids is 1. The Hall–Kier alpha value is -2.14. The molecule has 2 aromatic heterocycles. The molecule has 5 heteroatoms. The third-order valence-corrected chi connectivity index (χ3v) is 5.05.